The molecule has 0 radical (unpaired) electrons. The van der Waals surface area contributed by atoms with E-state index in [2.05, 4.69) is 9.88 Å². The molecule has 0 aromatic carbocycles. The Kier molecular flexibility index (Phi) is 4.78. The van der Waals surface area contributed by atoms with Crippen molar-refractivity contribution in [2.75, 3.05) is 30.8 Å². The molecule has 0 unspecified atom stereocenters. The third-order valence-corrected chi connectivity index (χ3v) is 3.72. The van der Waals surface area contributed by atoms with Gasteiger partial charge in [0.15, 0.2) is 0 Å². The molecule has 1 aromatic rings. The summed E-state index contributed by atoms with van der Waals surface area (Å²) in [5.41, 5.74) is 6.05. The molecule has 0 aliphatic carbocycles. The number of carbonyl (C=O) groups is 1. The van der Waals surface area contributed by atoms with Gasteiger partial charge in [-0.05, 0) is 39.7 Å². The highest BCUT2D eigenvalue weighted by Gasteiger charge is 2.29. The maximum absolute atomic E-state index is 12.2. The van der Waals surface area contributed by atoms with Gasteiger partial charge >= 0.3 is 6.09 Å². The summed E-state index contributed by atoms with van der Waals surface area (Å²) in [6.45, 7) is 7.30. The SMILES string of the molecule is CN(C(=O)OC(C)(C)C)[C@@H]1CCCN(c2cc(N)ccn2)C1. The summed E-state index contributed by atoms with van der Waals surface area (Å²) in [6, 6.07) is 3.76. The number of nitrogens with two attached hydrogens (primary N) is 1. The Hall–Kier alpha value is -1.98. The van der Waals surface area contributed by atoms with Crippen molar-refractivity contribution in [3.8, 4) is 0 Å². The molecule has 1 saturated heterocycles. The summed E-state index contributed by atoms with van der Waals surface area (Å²) in [7, 11) is 1.80. The zero-order chi connectivity index (χ0) is 16.3. The van der Waals surface area contributed by atoms with Gasteiger partial charge in [0.1, 0.15) is 11.4 Å². The molecule has 0 saturated carbocycles. The Labute approximate surface area is 132 Å². The van der Waals surface area contributed by atoms with Crippen molar-refractivity contribution in [2.45, 2.75) is 45.3 Å². The van der Waals surface area contributed by atoms with Crippen LogP contribution < -0.4 is 10.6 Å². The maximum atomic E-state index is 12.2. The molecular weight excluding hydrogens is 280 g/mol. The Morgan fingerprint density at radius 1 is 1.50 bits per heavy atom. The zero-order valence-corrected chi connectivity index (χ0v) is 13.9. The minimum atomic E-state index is -0.477. The summed E-state index contributed by atoms with van der Waals surface area (Å²) in [5, 5.41) is 0. The smallest absolute Gasteiger partial charge is 0.410 e. The van der Waals surface area contributed by atoms with Crippen LogP contribution in [0, 0.1) is 0 Å². The summed E-state index contributed by atoms with van der Waals surface area (Å²) in [5.74, 6) is 0.863. The number of anilines is 2. The summed E-state index contributed by atoms with van der Waals surface area (Å²) in [4.78, 5) is 20.4. The van der Waals surface area contributed by atoms with E-state index < -0.39 is 5.60 Å². The monoisotopic (exact) mass is 306 g/mol. The molecule has 2 heterocycles. The van der Waals surface area contributed by atoms with Gasteiger partial charge in [-0.3, -0.25) is 0 Å². The van der Waals surface area contributed by atoms with E-state index in [1.54, 1.807) is 24.2 Å². The van der Waals surface area contributed by atoms with Gasteiger partial charge < -0.3 is 20.3 Å². The highest BCUT2D eigenvalue weighted by atomic mass is 16.6. The van der Waals surface area contributed by atoms with Crippen molar-refractivity contribution >= 4 is 17.6 Å². The van der Waals surface area contributed by atoms with Crippen molar-refractivity contribution in [1.82, 2.24) is 9.88 Å². The van der Waals surface area contributed by atoms with Crippen LogP contribution in [0.4, 0.5) is 16.3 Å². The molecule has 1 aliphatic rings. The van der Waals surface area contributed by atoms with Crippen LogP contribution in [0.15, 0.2) is 18.3 Å². The number of aromatic nitrogens is 1. The molecule has 1 aliphatic heterocycles. The summed E-state index contributed by atoms with van der Waals surface area (Å²) in [6.07, 6.45) is 3.41. The van der Waals surface area contributed by atoms with Crippen LogP contribution in [0.5, 0.6) is 0 Å². The average Bonchev–Trinajstić information content (AvgIpc) is 2.45. The van der Waals surface area contributed by atoms with Gasteiger partial charge in [0, 0.05) is 38.1 Å². The van der Waals surface area contributed by atoms with E-state index in [1.165, 1.54) is 0 Å². The van der Waals surface area contributed by atoms with Gasteiger partial charge in [-0.1, -0.05) is 0 Å². The second-order valence-electron chi connectivity index (χ2n) is 6.78. The van der Waals surface area contributed by atoms with E-state index in [4.69, 9.17) is 10.5 Å². The summed E-state index contributed by atoms with van der Waals surface area (Å²) < 4.78 is 5.45. The first-order valence-corrected chi connectivity index (χ1v) is 7.68. The van der Waals surface area contributed by atoms with Crippen LogP contribution in [-0.2, 0) is 4.74 Å². The van der Waals surface area contributed by atoms with E-state index >= 15 is 0 Å². The molecule has 1 fully saturated rings. The zero-order valence-electron chi connectivity index (χ0n) is 13.9. The summed E-state index contributed by atoms with van der Waals surface area (Å²) >= 11 is 0. The Morgan fingerprint density at radius 2 is 2.23 bits per heavy atom. The van der Waals surface area contributed by atoms with Crippen LogP contribution in [-0.4, -0.2) is 47.8 Å². The average molecular weight is 306 g/mol. The van der Waals surface area contributed by atoms with E-state index in [-0.39, 0.29) is 12.1 Å². The fourth-order valence-electron chi connectivity index (χ4n) is 2.57. The molecule has 1 aromatic heterocycles. The van der Waals surface area contributed by atoms with Crippen LogP contribution in [0.25, 0.3) is 0 Å². The van der Waals surface area contributed by atoms with Gasteiger partial charge in [-0.15, -0.1) is 0 Å². The number of carbonyl (C=O) groups excluding carboxylic acids is 1. The Balaban J connectivity index is 2.02. The molecule has 6 nitrogen and oxygen atoms in total. The number of hydrogen-bond acceptors (Lipinski definition) is 5. The molecule has 22 heavy (non-hydrogen) atoms. The number of amides is 1. The number of nitrogens with zero attached hydrogens (tertiary/aromatic N) is 3. The number of piperidine rings is 1. The van der Waals surface area contributed by atoms with E-state index in [9.17, 15) is 4.79 Å². The minimum absolute atomic E-state index is 0.117. The molecule has 1 amide bonds. The quantitative estimate of drug-likeness (QED) is 0.909. The lowest BCUT2D eigenvalue weighted by atomic mass is 10.0. The van der Waals surface area contributed by atoms with Crippen molar-refractivity contribution in [3.05, 3.63) is 18.3 Å². The normalized spacial score (nSPS) is 18.9. The number of hydrogen-bond donors (Lipinski definition) is 1. The fraction of sp³-hybridized carbons (Fsp3) is 0.625. The van der Waals surface area contributed by atoms with E-state index in [0.29, 0.717) is 5.69 Å². The first-order chi connectivity index (χ1) is 10.3. The Morgan fingerprint density at radius 3 is 2.86 bits per heavy atom. The molecule has 6 heteroatoms. The predicted molar refractivity (Wildman–Crippen MR) is 87.9 cm³/mol. The fourth-order valence-corrected chi connectivity index (χ4v) is 2.57. The largest absolute Gasteiger partial charge is 0.444 e. The van der Waals surface area contributed by atoms with Crippen molar-refractivity contribution in [2.24, 2.45) is 0 Å². The maximum Gasteiger partial charge on any atom is 0.410 e. The second-order valence-corrected chi connectivity index (χ2v) is 6.78. The number of rotatable bonds is 2. The standard InChI is InChI=1S/C16H26N4O2/c1-16(2,3)22-15(21)19(4)13-6-5-9-20(11-13)14-10-12(17)7-8-18-14/h7-8,10,13H,5-6,9,11H2,1-4H3,(H2,17,18)/t13-/m1/s1. The van der Waals surface area contributed by atoms with Gasteiger partial charge in [0.05, 0.1) is 6.04 Å². The lowest BCUT2D eigenvalue weighted by Gasteiger charge is -2.38. The molecule has 2 N–H and O–H groups in total. The lowest BCUT2D eigenvalue weighted by Crippen LogP contribution is -2.50. The van der Waals surface area contributed by atoms with Crippen LogP contribution in [0.3, 0.4) is 0 Å². The topological polar surface area (TPSA) is 71.7 Å². The number of nitrogen functional groups attached to an aromatic ring is 1. The van der Waals surface area contributed by atoms with E-state index in [1.807, 2.05) is 26.8 Å². The lowest BCUT2D eigenvalue weighted by molar-refractivity contribution is 0.0209. The van der Waals surface area contributed by atoms with Crippen molar-refractivity contribution in [3.63, 3.8) is 0 Å². The highest BCUT2D eigenvalue weighted by molar-refractivity contribution is 5.68. The number of pyridine rings is 1. The van der Waals surface area contributed by atoms with Gasteiger partial charge in [0.25, 0.3) is 0 Å². The molecule has 1 atom stereocenters. The minimum Gasteiger partial charge on any atom is -0.444 e. The number of likely N-dealkylation sites (N-methyl/N-ethyl adjacent to an activating group) is 1. The van der Waals surface area contributed by atoms with Crippen LogP contribution in [0.1, 0.15) is 33.6 Å². The number of ether oxygens (including phenoxy) is 1. The third kappa shape index (κ3) is 4.26. The second kappa shape index (κ2) is 6.42. The molecule has 0 bridgehead atoms. The Bertz CT molecular complexity index is 527. The van der Waals surface area contributed by atoms with Crippen LogP contribution >= 0.6 is 0 Å². The van der Waals surface area contributed by atoms with Gasteiger partial charge in [-0.25, -0.2) is 9.78 Å². The highest BCUT2D eigenvalue weighted by Crippen LogP contribution is 2.22. The van der Waals surface area contributed by atoms with Gasteiger partial charge in [-0.2, -0.15) is 0 Å². The van der Waals surface area contributed by atoms with E-state index in [0.717, 1.165) is 31.7 Å². The molecule has 0 spiro atoms. The molecule has 2 rings (SSSR count). The van der Waals surface area contributed by atoms with Crippen molar-refractivity contribution in [1.29, 1.82) is 0 Å². The van der Waals surface area contributed by atoms with Crippen molar-refractivity contribution < 1.29 is 9.53 Å². The van der Waals surface area contributed by atoms with Crippen LogP contribution in [0.2, 0.25) is 0 Å². The molecule has 122 valence electrons. The first-order valence-electron chi connectivity index (χ1n) is 7.68. The third-order valence-electron chi connectivity index (χ3n) is 3.72. The van der Waals surface area contributed by atoms with Gasteiger partial charge in [0.2, 0.25) is 0 Å². The molecular formula is C16H26N4O2. The predicted octanol–water partition coefficient (Wildman–Crippen LogP) is 2.50. The first kappa shape index (κ1) is 16.4.